The molecule has 3 saturated heterocycles. The van der Waals surface area contributed by atoms with Gasteiger partial charge in [-0.2, -0.15) is 0 Å². The first kappa shape index (κ1) is 6.54. The van der Waals surface area contributed by atoms with Gasteiger partial charge in [-0.1, -0.05) is 0 Å². The van der Waals surface area contributed by atoms with E-state index < -0.39 is 12.2 Å². The fraction of sp³-hybridized carbons (Fsp3) is 1.00. The summed E-state index contributed by atoms with van der Waals surface area (Å²) in [6, 6.07) is -0.0694. The normalized spacial score (nSPS) is 53.4. The van der Waals surface area contributed by atoms with Crippen molar-refractivity contribution in [2.24, 2.45) is 0 Å². The molecule has 0 aromatic carbocycles. The van der Waals surface area contributed by atoms with Crippen molar-refractivity contribution in [3.63, 3.8) is 0 Å². The second-order valence-corrected chi connectivity index (χ2v) is 2.87. The number of nitrogens with one attached hydrogen (secondary N) is 1. The summed E-state index contributed by atoms with van der Waals surface area (Å²) in [6.45, 7) is 1.17. The maximum atomic E-state index is 9.28. The minimum absolute atomic E-state index is 0.0694. The Morgan fingerprint density at radius 2 is 2.10 bits per heavy atom. The Bertz CT molecular complexity index is 113. The molecule has 58 valence electrons. The van der Waals surface area contributed by atoms with Crippen LogP contribution in [0.3, 0.4) is 0 Å². The number of fused-ring (bicyclic) bond motifs is 3. The van der Waals surface area contributed by atoms with Crippen LogP contribution in [0.5, 0.6) is 0 Å². The van der Waals surface area contributed by atoms with E-state index in [2.05, 4.69) is 5.32 Å². The molecule has 3 fully saturated rings. The zero-order valence-electron chi connectivity index (χ0n) is 5.53. The van der Waals surface area contributed by atoms with E-state index in [9.17, 15) is 10.2 Å². The molecule has 0 aromatic heterocycles. The Balaban J connectivity index is 2.13. The van der Waals surface area contributed by atoms with Gasteiger partial charge in [0.05, 0.1) is 24.9 Å². The van der Waals surface area contributed by atoms with Gasteiger partial charge in [0.2, 0.25) is 0 Å². The lowest BCUT2D eigenvalue weighted by atomic mass is 9.93. The Morgan fingerprint density at radius 3 is 2.40 bits per heavy atom. The Kier molecular flexibility index (Phi) is 1.42. The Labute approximate surface area is 58.8 Å². The van der Waals surface area contributed by atoms with Crippen molar-refractivity contribution >= 4 is 0 Å². The summed E-state index contributed by atoms with van der Waals surface area (Å²) in [5.74, 6) is 0. The predicted molar refractivity (Wildman–Crippen MR) is 33.5 cm³/mol. The number of aliphatic hydroxyl groups excluding tert-OH is 2. The minimum atomic E-state index is -0.694. The molecule has 3 heterocycles. The number of ether oxygens (including phenoxy) is 1. The molecule has 0 unspecified atom stereocenters. The third kappa shape index (κ3) is 0.769. The lowest BCUT2D eigenvalue weighted by Crippen LogP contribution is -2.66. The molecule has 0 saturated carbocycles. The molecule has 3 rings (SSSR count). The summed E-state index contributed by atoms with van der Waals surface area (Å²) >= 11 is 0. The quantitative estimate of drug-likeness (QED) is 0.372. The standard InChI is InChI=1S/C6H11NO3/c8-5-3-2-10-4(1-7-3)6(5)9/h3-9H,1-2H2/t3-,4-,5+,6+/m0/s1. The molecule has 0 spiro atoms. The van der Waals surface area contributed by atoms with Crippen molar-refractivity contribution in [3.05, 3.63) is 0 Å². The molecule has 0 radical (unpaired) electrons. The van der Waals surface area contributed by atoms with Gasteiger partial charge in [0, 0.05) is 6.54 Å². The van der Waals surface area contributed by atoms with E-state index in [1.54, 1.807) is 0 Å². The molecule has 3 aliphatic heterocycles. The average Bonchev–Trinajstić information content (AvgIpc) is 2.00. The number of rotatable bonds is 0. The summed E-state index contributed by atoms with van der Waals surface area (Å²) in [5, 5.41) is 21.6. The molecule has 10 heavy (non-hydrogen) atoms. The summed E-state index contributed by atoms with van der Waals surface area (Å²) in [6.07, 6.45) is -1.55. The molecule has 4 nitrogen and oxygen atoms in total. The van der Waals surface area contributed by atoms with E-state index in [0.29, 0.717) is 13.2 Å². The molecule has 2 bridgehead atoms. The van der Waals surface area contributed by atoms with Gasteiger partial charge in [0.25, 0.3) is 0 Å². The number of piperidine rings is 1. The van der Waals surface area contributed by atoms with Crippen LogP contribution in [0.4, 0.5) is 0 Å². The van der Waals surface area contributed by atoms with Crippen molar-refractivity contribution in [1.29, 1.82) is 0 Å². The molecule has 0 amide bonds. The zero-order valence-corrected chi connectivity index (χ0v) is 5.53. The van der Waals surface area contributed by atoms with Crippen molar-refractivity contribution in [2.75, 3.05) is 13.2 Å². The number of hydrogen-bond acceptors (Lipinski definition) is 4. The van der Waals surface area contributed by atoms with Gasteiger partial charge in [-0.05, 0) is 0 Å². The van der Waals surface area contributed by atoms with Crippen LogP contribution in [-0.2, 0) is 4.74 Å². The summed E-state index contributed by atoms with van der Waals surface area (Å²) in [5.41, 5.74) is 0. The van der Waals surface area contributed by atoms with Gasteiger partial charge in [0.1, 0.15) is 6.10 Å². The summed E-state index contributed by atoms with van der Waals surface area (Å²) in [4.78, 5) is 0. The molecule has 3 aliphatic rings. The van der Waals surface area contributed by atoms with Crippen LogP contribution in [0.15, 0.2) is 0 Å². The molecular weight excluding hydrogens is 134 g/mol. The van der Waals surface area contributed by atoms with Crippen LogP contribution in [0.1, 0.15) is 0 Å². The zero-order chi connectivity index (χ0) is 7.14. The monoisotopic (exact) mass is 145 g/mol. The fourth-order valence-electron chi connectivity index (χ4n) is 1.51. The number of hydrogen-bond donors (Lipinski definition) is 3. The number of morpholine rings is 1. The van der Waals surface area contributed by atoms with E-state index in [-0.39, 0.29) is 12.1 Å². The van der Waals surface area contributed by atoms with Crippen molar-refractivity contribution in [2.45, 2.75) is 24.4 Å². The maximum absolute atomic E-state index is 9.28. The van der Waals surface area contributed by atoms with E-state index in [1.165, 1.54) is 0 Å². The second kappa shape index (κ2) is 2.17. The lowest BCUT2D eigenvalue weighted by Gasteiger charge is -2.44. The summed E-state index contributed by atoms with van der Waals surface area (Å²) < 4.78 is 5.19. The van der Waals surface area contributed by atoms with Crippen LogP contribution in [0.2, 0.25) is 0 Å². The highest BCUT2D eigenvalue weighted by molar-refractivity contribution is 4.97. The Morgan fingerprint density at radius 1 is 1.30 bits per heavy atom. The molecular formula is C6H11NO3. The topological polar surface area (TPSA) is 61.7 Å². The lowest BCUT2D eigenvalue weighted by molar-refractivity contribution is -0.175. The highest BCUT2D eigenvalue weighted by atomic mass is 16.5. The van der Waals surface area contributed by atoms with Crippen LogP contribution in [0.25, 0.3) is 0 Å². The smallest absolute Gasteiger partial charge is 0.109 e. The Hall–Kier alpha value is -0.160. The van der Waals surface area contributed by atoms with Crippen molar-refractivity contribution in [3.8, 4) is 0 Å². The van der Waals surface area contributed by atoms with Gasteiger partial charge in [-0.25, -0.2) is 0 Å². The van der Waals surface area contributed by atoms with Gasteiger partial charge in [-0.15, -0.1) is 0 Å². The van der Waals surface area contributed by atoms with Gasteiger partial charge in [-0.3, -0.25) is 0 Å². The fourth-order valence-corrected chi connectivity index (χ4v) is 1.51. The van der Waals surface area contributed by atoms with Gasteiger partial charge in [0.15, 0.2) is 0 Å². The van der Waals surface area contributed by atoms with E-state index in [1.807, 2.05) is 0 Å². The summed E-state index contributed by atoms with van der Waals surface area (Å²) in [7, 11) is 0. The predicted octanol–water partition coefficient (Wildman–Crippen LogP) is -1.92. The second-order valence-electron chi connectivity index (χ2n) is 2.87. The van der Waals surface area contributed by atoms with Gasteiger partial charge < -0.3 is 20.3 Å². The van der Waals surface area contributed by atoms with Crippen molar-refractivity contribution in [1.82, 2.24) is 5.32 Å². The van der Waals surface area contributed by atoms with E-state index >= 15 is 0 Å². The SMILES string of the molecule is O[C@H]1[C@H](O)[C@@H]2CN[C@H]1CO2. The third-order valence-electron chi connectivity index (χ3n) is 2.21. The highest BCUT2D eigenvalue weighted by Gasteiger charge is 2.42. The van der Waals surface area contributed by atoms with Crippen LogP contribution < -0.4 is 5.32 Å². The average molecular weight is 145 g/mol. The van der Waals surface area contributed by atoms with E-state index in [4.69, 9.17) is 4.74 Å². The molecule has 0 aliphatic carbocycles. The van der Waals surface area contributed by atoms with E-state index in [0.717, 1.165) is 0 Å². The minimum Gasteiger partial charge on any atom is -0.389 e. The van der Waals surface area contributed by atoms with Gasteiger partial charge >= 0.3 is 0 Å². The van der Waals surface area contributed by atoms with Crippen LogP contribution in [0, 0.1) is 0 Å². The maximum Gasteiger partial charge on any atom is 0.109 e. The first-order valence-corrected chi connectivity index (χ1v) is 3.50. The first-order valence-electron chi connectivity index (χ1n) is 3.50. The third-order valence-corrected chi connectivity index (χ3v) is 2.21. The first-order chi connectivity index (χ1) is 4.79. The molecule has 3 N–H and O–H groups in total. The molecule has 4 atom stereocenters. The largest absolute Gasteiger partial charge is 0.389 e. The van der Waals surface area contributed by atoms with Crippen LogP contribution >= 0.6 is 0 Å². The molecule has 4 heteroatoms. The van der Waals surface area contributed by atoms with Crippen molar-refractivity contribution < 1.29 is 14.9 Å². The highest BCUT2D eigenvalue weighted by Crippen LogP contribution is 2.19. The molecule has 0 aromatic rings. The van der Waals surface area contributed by atoms with Crippen LogP contribution in [-0.4, -0.2) is 47.7 Å². The number of aliphatic hydroxyl groups is 2.